The molecule has 0 aliphatic carbocycles. The van der Waals surface area contributed by atoms with Crippen molar-refractivity contribution in [3.05, 3.63) is 36.2 Å². The van der Waals surface area contributed by atoms with Crippen molar-refractivity contribution in [2.45, 2.75) is 19.6 Å². The van der Waals surface area contributed by atoms with Crippen molar-refractivity contribution in [2.24, 2.45) is 7.05 Å². The van der Waals surface area contributed by atoms with Crippen molar-refractivity contribution >= 4 is 0 Å². The largest absolute Gasteiger partial charge is 0.387 e. The lowest BCUT2D eigenvalue weighted by Crippen LogP contribution is -2.09. The van der Waals surface area contributed by atoms with Crippen LogP contribution in [0.4, 0.5) is 0 Å². The van der Waals surface area contributed by atoms with E-state index in [0.29, 0.717) is 6.54 Å². The summed E-state index contributed by atoms with van der Waals surface area (Å²) >= 11 is 0. The van der Waals surface area contributed by atoms with Crippen LogP contribution in [0.25, 0.3) is 0 Å². The molecule has 15 heavy (non-hydrogen) atoms. The molecule has 0 saturated carbocycles. The SMILES string of the molecule is CC(O)c1cccn1Cc1nncn1C. The molecular weight excluding hydrogens is 192 g/mol. The van der Waals surface area contributed by atoms with Crippen LogP contribution in [0.3, 0.4) is 0 Å². The van der Waals surface area contributed by atoms with Gasteiger partial charge < -0.3 is 14.2 Å². The molecule has 2 heterocycles. The number of nitrogens with zero attached hydrogens (tertiary/aromatic N) is 4. The maximum Gasteiger partial charge on any atom is 0.152 e. The standard InChI is InChI=1S/C10H14N4O/c1-8(15)9-4-3-5-14(9)6-10-12-11-7-13(10)2/h3-5,7-8,15H,6H2,1-2H3. The fourth-order valence-corrected chi connectivity index (χ4v) is 1.55. The molecule has 0 spiro atoms. The highest BCUT2D eigenvalue weighted by molar-refractivity contribution is 5.10. The van der Waals surface area contributed by atoms with Gasteiger partial charge in [0.15, 0.2) is 5.82 Å². The third kappa shape index (κ3) is 1.92. The Morgan fingerprint density at radius 2 is 2.33 bits per heavy atom. The van der Waals surface area contributed by atoms with Gasteiger partial charge in [0.2, 0.25) is 0 Å². The maximum absolute atomic E-state index is 9.53. The van der Waals surface area contributed by atoms with Crippen LogP contribution in [-0.4, -0.2) is 24.4 Å². The molecule has 0 aliphatic rings. The van der Waals surface area contributed by atoms with E-state index in [1.54, 1.807) is 13.3 Å². The summed E-state index contributed by atoms with van der Waals surface area (Å²) in [7, 11) is 1.90. The Kier molecular flexibility index (Phi) is 2.55. The lowest BCUT2D eigenvalue weighted by atomic mass is 10.3. The number of hydrogen-bond donors (Lipinski definition) is 1. The molecular formula is C10H14N4O. The lowest BCUT2D eigenvalue weighted by Gasteiger charge is -2.10. The van der Waals surface area contributed by atoms with E-state index in [-0.39, 0.29) is 0 Å². The first-order chi connectivity index (χ1) is 7.18. The van der Waals surface area contributed by atoms with E-state index in [1.807, 2.05) is 34.5 Å². The second kappa shape index (κ2) is 3.86. The summed E-state index contributed by atoms with van der Waals surface area (Å²) in [5.74, 6) is 0.869. The van der Waals surface area contributed by atoms with Crippen LogP contribution in [0.15, 0.2) is 24.7 Å². The molecule has 1 unspecified atom stereocenters. The minimum absolute atomic E-state index is 0.465. The second-order valence-electron chi connectivity index (χ2n) is 3.60. The molecule has 2 aromatic rings. The summed E-state index contributed by atoms with van der Waals surface area (Å²) in [5, 5.41) is 17.3. The van der Waals surface area contributed by atoms with Crippen molar-refractivity contribution in [1.82, 2.24) is 19.3 Å². The quantitative estimate of drug-likeness (QED) is 0.805. The van der Waals surface area contributed by atoms with Crippen LogP contribution in [0, 0.1) is 0 Å². The Morgan fingerprint density at radius 1 is 1.53 bits per heavy atom. The maximum atomic E-state index is 9.53. The highest BCUT2D eigenvalue weighted by Gasteiger charge is 2.08. The summed E-state index contributed by atoms with van der Waals surface area (Å²) in [4.78, 5) is 0. The molecule has 2 rings (SSSR count). The molecule has 0 fully saturated rings. The molecule has 0 amide bonds. The third-order valence-corrected chi connectivity index (χ3v) is 2.41. The number of aryl methyl sites for hydroxylation is 1. The molecule has 1 atom stereocenters. The van der Waals surface area contributed by atoms with Gasteiger partial charge >= 0.3 is 0 Å². The van der Waals surface area contributed by atoms with Gasteiger partial charge in [0.1, 0.15) is 6.33 Å². The van der Waals surface area contributed by atoms with E-state index >= 15 is 0 Å². The Bertz CT molecular complexity index is 444. The molecule has 1 N–H and O–H groups in total. The Balaban J connectivity index is 2.25. The van der Waals surface area contributed by atoms with Crippen molar-refractivity contribution in [1.29, 1.82) is 0 Å². The van der Waals surface area contributed by atoms with Gasteiger partial charge in [-0.1, -0.05) is 0 Å². The van der Waals surface area contributed by atoms with E-state index in [0.717, 1.165) is 11.5 Å². The highest BCUT2D eigenvalue weighted by atomic mass is 16.3. The molecule has 2 aromatic heterocycles. The van der Waals surface area contributed by atoms with E-state index in [4.69, 9.17) is 0 Å². The number of aromatic nitrogens is 4. The van der Waals surface area contributed by atoms with Crippen LogP contribution < -0.4 is 0 Å². The average molecular weight is 206 g/mol. The first kappa shape index (κ1) is 9.92. The molecule has 5 heteroatoms. The van der Waals surface area contributed by atoms with E-state index in [1.165, 1.54) is 0 Å². The normalized spacial score (nSPS) is 13.0. The van der Waals surface area contributed by atoms with Gasteiger partial charge in [0.25, 0.3) is 0 Å². The molecule has 0 radical (unpaired) electrons. The zero-order valence-corrected chi connectivity index (χ0v) is 8.83. The van der Waals surface area contributed by atoms with Crippen LogP contribution in [-0.2, 0) is 13.6 Å². The monoisotopic (exact) mass is 206 g/mol. The molecule has 0 aromatic carbocycles. The van der Waals surface area contributed by atoms with Crippen LogP contribution in [0.2, 0.25) is 0 Å². The number of aliphatic hydroxyl groups excluding tert-OH is 1. The minimum atomic E-state index is -0.465. The fourth-order valence-electron chi connectivity index (χ4n) is 1.55. The molecule has 5 nitrogen and oxygen atoms in total. The minimum Gasteiger partial charge on any atom is -0.387 e. The van der Waals surface area contributed by atoms with Gasteiger partial charge in [0, 0.05) is 18.9 Å². The highest BCUT2D eigenvalue weighted by Crippen LogP contribution is 2.13. The number of hydrogen-bond acceptors (Lipinski definition) is 3. The summed E-state index contributed by atoms with van der Waals surface area (Å²) in [6.07, 6.45) is 3.13. The van der Waals surface area contributed by atoms with Crippen molar-refractivity contribution in [3.63, 3.8) is 0 Å². The fraction of sp³-hybridized carbons (Fsp3) is 0.400. The summed E-state index contributed by atoms with van der Waals surface area (Å²) < 4.78 is 3.83. The predicted octanol–water partition coefficient (Wildman–Crippen LogP) is 0.718. The molecule has 0 saturated heterocycles. The second-order valence-corrected chi connectivity index (χ2v) is 3.60. The van der Waals surface area contributed by atoms with Gasteiger partial charge in [0.05, 0.1) is 12.6 Å². The zero-order valence-electron chi connectivity index (χ0n) is 8.83. The molecule has 0 aliphatic heterocycles. The van der Waals surface area contributed by atoms with Gasteiger partial charge in [-0.25, -0.2) is 0 Å². The van der Waals surface area contributed by atoms with Gasteiger partial charge in [-0.2, -0.15) is 0 Å². The molecule has 80 valence electrons. The van der Waals surface area contributed by atoms with Crippen LogP contribution in [0.1, 0.15) is 24.5 Å². The topological polar surface area (TPSA) is 55.9 Å². The van der Waals surface area contributed by atoms with Gasteiger partial charge in [-0.3, -0.25) is 0 Å². The van der Waals surface area contributed by atoms with E-state index in [9.17, 15) is 5.11 Å². The average Bonchev–Trinajstić information content (AvgIpc) is 2.77. The lowest BCUT2D eigenvalue weighted by molar-refractivity contribution is 0.189. The Hall–Kier alpha value is -1.62. The summed E-state index contributed by atoms with van der Waals surface area (Å²) in [6, 6.07) is 3.82. The first-order valence-corrected chi connectivity index (χ1v) is 4.84. The smallest absolute Gasteiger partial charge is 0.152 e. The van der Waals surface area contributed by atoms with Crippen molar-refractivity contribution in [3.8, 4) is 0 Å². The van der Waals surface area contributed by atoms with E-state index < -0.39 is 6.10 Å². The van der Waals surface area contributed by atoms with Crippen molar-refractivity contribution < 1.29 is 5.11 Å². The van der Waals surface area contributed by atoms with Gasteiger partial charge in [-0.05, 0) is 19.1 Å². The number of aliphatic hydroxyl groups is 1. The van der Waals surface area contributed by atoms with Crippen LogP contribution >= 0.6 is 0 Å². The van der Waals surface area contributed by atoms with Crippen molar-refractivity contribution in [2.75, 3.05) is 0 Å². The Labute approximate surface area is 88.0 Å². The van der Waals surface area contributed by atoms with E-state index in [2.05, 4.69) is 10.2 Å². The predicted molar refractivity (Wildman–Crippen MR) is 55.2 cm³/mol. The first-order valence-electron chi connectivity index (χ1n) is 4.84. The van der Waals surface area contributed by atoms with Gasteiger partial charge in [-0.15, -0.1) is 10.2 Å². The van der Waals surface area contributed by atoms with Crippen LogP contribution in [0.5, 0.6) is 0 Å². The Morgan fingerprint density at radius 3 is 2.93 bits per heavy atom. The molecule has 0 bridgehead atoms. The number of rotatable bonds is 3. The summed E-state index contributed by atoms with van der Waals surface area (Å²) in [6.45, 7) is 2.38. The zero-order chi connectivity index (χ0) is 10.8. The summed E-state index contributed by atoms with van der Waals surface area (Å²) in [5.41, 5.74) is 0.887. The third-order valence-electron chi connectivity index (χ3n) is 2.41.